The zero-order valence-electron chi connectivity index (χ0n) is 7.23. The summed E-state index contributed by atoms with van der Waals surface area (Å²) >= 11 is 0. The van der Waals surface area contributed by atoms with E-state index in [1.165, 1.54) is 0 Å². The number of carboxylic acid groups (broad SMARTS) is 1. The van der Waals surface area contributed by atoms with Crippen molar-refractivity contribution in [2.45, 2.75) is 13.2 Å². The number of aliphatic hydroxyl groups excluding tert-OH is 1. The molecule has 5 nitrogen and oxygen atoms in total. The predicted octanol–water partition coefficient (Wildman–Crippen LogP) is -1.07. The first-order valence-electron chi connectivity index (χ1n) is 3.93. The molecular formula is C7H16N2O3. The van der Waals surface area contributed by atoms with Crippen LogP contribution in [0.25, 0.3) is 0 Å². The second-order valence-electron chi connectivity index (χ2n) is 2.52. The molecule has 1 unspecified atom stereocenters. The molecule has 1 fully saturated rings. The number of rotatable bonds is 1. The number of hydrogen-bond acceptors (Lipinski definition) is 4. The molecule has 1 aliphatic rings. The van der Waals surface area contributed by atoms with Gasteiger partial charge in [0.2, 0.25) is 0 Å². The van der Waals surface area contributed by atoms with Crippen molar-refractivity contribution in [2.75, 3.05) is 26.2 Å². The van der Waals surface area contributed by atoms with Gasteiger partial charge < -0.3 is 15.5 Å². The average molecular weight is 176 g/mol. The van der Waals surface area contributed by atoms with Gasteiger partial charge in [-0.3, -0.25) is 9.69 Å². The van der Waals surface area contributed by atoms with Crippen LogP contribution in [0.3, 0.4) is 0 Å². The molecular weight excluding hydrogens is 160 g/mol. The smallest absolute Gasteiger partial charge is 0.290 e. The molecule has 5 heteroatoms. The molecule has 1 heterocycles. The van der Waals surface area contributed by atoms with Gasteiger partial charge in [-0.25, -0.2) is 0 Å². The van der Waals surface area contributed by atoms with Gasteiger partial charge in [-0.1, -0.05) is 0 Å². The highest BCUT2D eigenvalue weighted by molar-refractivity contribution is 5.32. The molecule has 0 radical (unpaired) electrons. The zero-order valence-corrected chi connectivity index (χ0v) is 7.23. The van der Waals surface area contributed by atoms with E-state index in [4.69, 9.17) is 15.0 Å². The Kier molecular flexibility index (Phi) is 6.64. The molecule has 0 aromatic heterocycles. The molecule has 1 rings (SSSR count). The van der Waals surface area contributed by atoms with E-state index in [0.29, 0.717) is 0 Å². The third kappa shape index (κ3) is 5.06. The van der Waals surface area contributed by atoms with Crippen LogP contribution in [0.15, 0.2) is 0 Å². The highest BCUT2D eigenvalue weighted by Gasteiger charge is 2.12. The van der Waals surface area contributed by atoms with Gasteiger partial charge in [-0.05, 0) is 6.92 Å². The van der Waals surface area contributed by atoms with Crippen molar-refractivity contribution in [3.05, 3.63) is 0 Å². The van der Waals surface area contributed by atoms with E-state index in [2.05, 4.69) is 10.2 Å². The van der Waals surface area contributed by atoms with Gasteiger partial charge in [-0.15, -0.1) is 0 Å². The summed E-state index contributed by atoms with van der Waals surface area (Å²) in [5, 5.41) is 19.2. The molecule has 0 aromatic carbocycles. The van der Waals surface area contributed by atoms with Gasteiger partial charge in [-0.2, -0.15) is 0 Å². The fourth-order valence-corrected chi connectivity index (χ4v) is 1.06. The SMILES string of the molecule is CC(O)N1CCNCC1.O=CO. The molecule has 0 bridgehead atoms. The van der Waals surface area contributed by atoms with Gasteiger partial charge in [0.25, 0.3) is 6.47 Å². The summed E-state index contributed by atoms with van der Waals surface area (Å²) < 4.78 is 0. The maximum absolute atomic E-state index is 9.08. The predicted molar refractivity (Wildman–Crippen MR) is 44.8 cm³/mol. The lowest BCUT2D eigenvalue weighted by Crippen LogP contribution is -2.47. The summed E-state index contributed by atoms with van der Waals surface area (Å²) in [6, 6.07) is 0. The van der Waals surface area contributed by atoms with E-state index in [1.54, 1.807) is 0 Å². The molecule has 0 aromatic rings. The number of nitrogens with one attached hydrogen (secondary N) is 1. The Bertz CT molecular complexity index is 113. The standard InChI is InChI=1S/C6H14N2O.CH2O2/c1-6(9)8-4-2-7-3-5-8;2-1-3/h6-7,9H,2-5H2,1H3;1H,(H,2,3). The van der Waals surface area contributed by atoms with Gasteiger partial charge in [0.15, 0.2) is 0 Å². The Morgan fingerprint density at radius 2 is 1.92 bits per heavy atom. The lowest BCUT2D eigenvalue weighted by atomic mass is 10.3. The molecule has 3 N–H and O–H groups in total. The van der Waals surface area contributed by atoms with Crippen molar-refractivity contribution < 1.29 is 15.0 Å². The molecule has 0 spiro atoms. The molecule has 1 saturated heterocycles. The zero-order chi connectivity index (χ0) is 9.40. The largest absolute Gasteiger partial charge is 0.483 e. The molecule has 72 valence electrons. The monoisotopic (exact) mass is 176 g/mol. The summed E-state index contributed by atoms with van der Waals surface area (Å²) in [6.07, 6.45) is -0.271. The van der Waals surface area contributed by atoms with Crippen LogP contribution in [0.5, 0.6) is 0 Å². The summed E-state index contributed by atoms with van der Waals surface area (Å²) in [5.74, 6) is 0. The van der Waals surface area contributed by atoms with E-state index in [1.807, 2.05) is 6.92 Å². The highest BCUT2D eigenvalue weighted by Crippen LogP contribution is 1.95. The Morgan fingerprint density at radius 3 is 2.17 bits per heavy atom. The van der Waals surface area contributed by atoms with Gasteiger partial charge in [0.05, 0.1) is 0 Å². The Labute approximate surface area is 72.0 Å². The van der Waals surface area contributed by atoms with Crippen LogP contribution < -0.4 is 5.32 Å². The first-order valence-corrected chi connectivity index (χ1v) is 3.93. The van der Waals surface area contributed by atoms with Crippen molar-refractivity contribution in [1.29, 1.82) is 0 Å². The Morgan fingerprint density at radius 1 is 1.50 bits per heavy atom. The molecule has 1 aliphatic heterocycles. The third-order valence-electron chi connectivity index (χ3n) is 1.68. The number of piperazine rings is 1. The average Bonchev–Trinajstić information content (AvgIpc) is 2.07. The Balaban J connectivity index is 0.000000354. The van der Waals surface area contributed by atoms with Crippen LogP contribution in [0.1, 0.15) is 6.92 Å². The second kappa shape index (κ2) is 7.02. The lowest BCUT2D eigenvalue weighted by molar-refractivity contribution is -0.122. The second-order valence-corrected chi connectivity index (χ2v) is 2.52. The molecule has 0 saturated carbocycles. The number of aliphatic hydroxyl groups is 1. The van der Waals surface area contributed by atoms with Crippen molar-refractivity contribution in [3.63, 3.8) is 0 Å². The van der Waals surface area contributed by atoms with Gasteiger partial charge >= 0.3 is 0 Å². The van der Waals surface area contributed by atoms with E-state index >= 15 is 0 Å². The summed E-state index contributed by atoms with van der Waals surface area (Å²) in [6.45, 7) is 5.51. The fraction of sp³-hybridized carbons (Fsp3) is 0.857. The van der Waals surface area contributed by atoms with Crippen LogP contribution >= 0.6 is 0 Å². The minimum absolute atomic E-state index is 0.250. The molecule has 1 atom stereocenters. The number of carbonyl (C=O) groups is 1. The van der Waals surface area contributed by atoms with Crippen LogP contribution in [0.4, 0.5) is 0 Å². The van der Waals surface area contributed by atoms with E-state index < -0.39 is 0 Å². The van der Waals surface area contributed by atoms with Gasteiger partial charge in [0, 0.05) is 26.2 Å². The van der Waals surface area contributed by atoms with E-state index in [9.17, 15) is 0 Å². The maximum atomic E-state index is 9.08. The summed E-state index contributed by atoms with van der Waals surface area (Å²) in [5.41, 5.74) is 0. The first kappa shape index (κ1) is 11.4. The van der Waals surface area contributed by atoms with Crippen LogP contribution in [-0.2, 0) is 4.79 Å². The molecule has 12 heavy (non-hydrogen) atoms. The van der Waals surface area contributed by atoms with E-state index in [-0.39, 0.29) is 12.7 Å². The van der Waals surface area contributed by atoms with Crippen molar-refractivity contribution in [3.8, 4) is 0 Å². The first-order chi connectivity index (χ1) is 5.72. The van der Waals surface area contributed by atoms with E-state index in [0.717, 1.165) is 26.2 Å². The summed E-state index contributed by atoms with van der Waals surface area (Å²) in [7, 11) is 0. The molecule has 0 amide bonds. The number of nitrogens with zero attached hydrogens (tertiary/aromatic N) is 1. The highest BCUT2D eigenvalue weighted by atomic mass is 16.3. The van der Waals surface area contributed by atoms with Crippen LogP contribution in [0.2, 0.25) is 0 Å². The minimum atomic E-state index is -0.271. The van der Waals surface area contributed by atoms with Crippen LogP contribution in [-0.4, -0.2) is 54.0 Å². The maximum Gasteiger partial charge on any atom is 0.290 e. The minimum Gasteiger partial charge on any atom is -0.483 e. The molecule has 0 aliphatic carbocycles. The van der Waals surface area contributed by atoms with Gasteiger partial charge in [0.1, 0.15) is 6.23 Å². The lowest BCUT2D eigenvalue weighted by Gasteiger charge is -2.29. The normalized spacial score (nSPS) is 20.5. The topological polar surface area (TPSA) is 72.8 Å². The fourth-order valence-electron chi connectivity index (χ4n) is 1.06. The van der Waals surface area contributed by atoms with Crippen LogP contribution in [0, 0.1) is 0 Å². The Hall–Kier alpha value is -0.650. The number of hydrogen-bond donors (Lipinski definition) is 3. The van der Waals surface area contributed by atoms with Crippen molar-refractivity contribution >= 4 is 6.47 Å². The van der Waals surface area contributed by atoms with Crippen molar-refractivity contribution in [1.82, 2.24) is 10.2 Å². The quantitative estimate of drug-likeness (QED) is 0.444. The van der Waals surface area contributed by atoms with Crippen molar-refractivity contribution in [2.24, 2.45) is 0 Å². The third-order valence-corrected chi connectivity index (χ3v) is 1.68. The summed E-state index contributed by atoms with van der Waals surface area (Å²) in [4.78, 5) is 10.4.